The first-order valence-electron chi connectivity index (χ1n) is 7.82. The maximum atomic E-state index is 11.7. The monoisotopic (exact) mass is 328 g/mol. The Bertz CT molecular complexity index is 711. The Morgan fingerprint density at radius 3 is 2.04 bits per heavy atom. The molecule has 0 saturated carbocycles. The first kappa shape index (κ1) is 17.7. The molecule has 1 aromatic heterocycles. The van der Waals surface area contributed by atoms with Gasteiger partial charge in [0.05, 0.1) is 0 Å². The third kappa shape index (κ3) is 4.94. The molecule has 128 valence electrons. The second kappa shape index (κ2) is 6.86. The van der Waals surface area contributed by atoms with Crippen LogP contribution in [0.25, 0.3) is 0 Å². The molecular formula is C18H24N4O2. The molecule has 0 aliphatic heterocycles. The lowest BCUT2D eigenvalue weighted by Crippen LogP contribution is -2.27. The van der Waals surface area contributed by atoms with Crippen molar-refractivity contribution in [1.82, 2.24) is 10.2 Å². The smallest absolute Gasteiger partial charge is 0.413 e. The van der Waals surface area contributed by atoms with Gasteiger partial charge in [-0.05, 0) is 64.8 Å². The van der Waals surface area contributed by atoms with Crippen molar-refractivity contribution in [2.45, 2.75) is 47.1 Å². The molecule has 0 aliphatic rings. The number of anilines is 3. The third-order valence-corrected chi connectivity index (χ3v) is 3.22. The maximum Gasteiger partial charge on any atom is 0.413 e. The molecule has 0 spiro atoms. The van der Waals surface area contributed by atoms with Gasteiger partial charge in [-0.1, -0.05) is 17.7 Å². The molecule has 1 heterocycles. The Hall–Kier alpha value is -2.63. The van der Waals surface area contributed by atoms with E-state index in [1.165, 1.54) is 5.56 Å². The maximum absolute atomic E-state index is 11.7. The zero-order valence-electron chi connectivity index (χ0n) is 15.0. The Morgan fingerprint density at radius 2 is 1.54 bits per heavy atom. The van der Waals surface area contributed by atoms with E-state index < -0.39 is 11.7 Å². The van der Waals surface area contributed by atoms with E-state index in [0.29, 0.717) is 11.6 Å². The highest BCUT2D eigenvalue weighted by molar-refractivity contribution is 5.83. The standard InChI is InChI=1S/C18H24N4O2/c1-11-9-12(2)16(13(3)10-11)19-14-7-8-15(22-21-14)20-17(23)24-18(4,5)6/h7-10H,1-6H3,(H,19,21)(H,20,22,23). The predicted molar refractivity (Wildman–Crippen MR) is 95.8 cm³/mol. The van der Waals surface area contributed by atoms with Gasteiger partial charge in [0.1, 0.15) is 5.60 Å². The number of hydrogen-bond acceptors (Lipinski definition) is 5. The van der Waals surface area contributed by atoms with Crippen molar-refractivity contribution in [2.75, 3.05) is 10.6 Å². The highest BCUT2D eigenvalue weighted by atomic mass is 16.6. The van der Waals surface area contributed by atoms with Crippen LogP contribution in [0.2, 0.25) is 0 Å². The number of carbonyl (C=O) groups excluding carboxylic acids is 1. The molecule has 24 heavy (non-hydrogen) atoms. The van der Waals surface area contributed by atoms with Crippen LogP contribution in [0.4, 0.5) is 22.1 Å². The molecule has 0 bridgehead atoms. The first-order chi connectivity index (χ1) is 11.1. The highest BCUT2D eigenvalue weighted by Crippen LogP contribution is 2.25. The molecule has 2 aromatic rings. The van der Waals surface area contributed by atoms with Gasteiger partial charge in [0, 0.05) is 5.69 Å². The van der Waals surface area contributed by atoms with Gasteiger partial charge in [-0.2, -0.15) is 0 Å². The van der Waals surface area contributed by atoms with Gasteiger partial charge in [-0.15, -0.1) is 10.2 Å². The molecule has 0 fully saturated rings. The van der Waals surface area contributed by atoms with E-state index in [9.17, 15) is 4.79 Å². The molecule has 2 N–H and O–H groups in total. The molecule has 0 radical (unpaired) electrons. The quantitative estimate of drug-likeness (QED) is 0.868. The number of benzene rings is 1. The summed E-state index contributed by atoms with van der Waals surface area (Å²) < 4.78 is 5.18. The van der Waals surface area contributed by atoms with Crippen LogP contribution in [0, 0.1) is 20.8 Å². The van der Waals surface area contributed by atoms with Gasteiger partial charge < -0.3 is 10.1 Å². The molecule has 6 nitrogen and oxygen atoms in total. The third-order valence-electron chi connectivity index (χ3n) is 3.22. The number of amides is 1. The minimum absolute atomic E-state index is 0.340. The van der Waals surface area contributed by atoms with Crippen LogP contribution in [0.15, 0.2) is 24.3 Å². The molecule has 6 heteroatoms. The topological polar surface area (TPSA) is 76.1 Å². The first-order valence-corrected chi connectivity index (χ1v) is 7.82. The lowest BCUT2D eigenvalue weighted by molar-refractivity contribution is 0.0635. The normalized spacial score (nSPS) is 11.1. The van der Waals surface area contributed by atoms with Crippen LogP contribution in [0.5, 0.6) is 0 Å². The van der Waals surface area contributed by atoms with Crippen LogP contribution in [-0.2, 0) is 4.74 Å². The second-order valence-corrected chi connectivity index (χ2v) is 6.83. The van der Waals surface area contributed by atoms with Crippen molar-refractivity contribution in [2.24, 2.45) is 0 Å². The SMILES string of the molecule is Cc1cc(C)c(Nc2ccc(NC(=O)OC(C)(C)C)nn2)c(C)c1. The van der Waals surface area contributed by atoms with Gasteiger partial charge in [-0.25, -0.2) is 4.79 Å². The van der Waals surface area contributed by atoms with E-state index in [4.69, 9.17) is 4.74 Å². The minimum atomic E-state index is -0.556. The second-order valence-electron chi connectivity index (χ2n) is 6.83. The van der Waals surface area contributed by atoms with Crippen molar-refractivity contribution in [1.29, 1.82) is 0 Å². The van der Waals surface area contributed by atoms with Gasteiger partial charge in [0.25, 0.3) is 0 Å². The molecule has 0 atom stereocenters. The van der Waals surface area contributed by atoms with Crippen LogP contribution >= 0.6 is 0 Å². The van der Waals surface area contributed by atoms with Crippen LogP contribution < -0.4 is 10.6 Å². The van der Waals surface area contributed by atoms with Crippen LogP contribution in [0.1, 0.15) is 37.5 Å². The lowest BCUT2D eigenvalue weighted by Gasteiger charge is -2.19. The van der Waals surface area contributed by atoms with Gasteiger partial charge in [0.15, 0.2) is 11.6 Å². The summed E-state index contributed by atoms with van der Waals surface area (Å²) in [5.74, 6) is 0.951. The fraction of sp³-hybridized carbons (Fsp3) is 0.389. The van der Waals surface area contributed by atoms with Crippen molar-refractivity contribution < 1.29 is 9.53 Å². The fourth-order valence-corrected chi connectivity index (χ4v) is 2.38. The van der Waals surface area contributed by atoms with Crippen molar-refractivity contribution in [3.8, 4) is 0 Å². The van der Waals surface area contributed by atoms with E-state index >= 15 is 0 Å². The number of rotatable bonds is 3. The Kier molecular flexibility index (Phi) is 5.07. The van der Waals surface area contributed by atoms with Gasteiger partial charge >= 0.3 is 6.09 Å². The summed E-state index contributed by atoms with van der Waals surface area (Å²) in [6, 6.07) is 7.67. The van der Waals surface area contributed by atoms with Crippen LogP contribution in [0.3, 0.4) is 0 Å². The number of nitrogens with one attached hydrogen (secondary N) is 2. The minimum Gasteiger partial charge on any atom is -0.444 e. The number of hydrogen-bond donors (Lipinski definition) is 2. The summed E-state index contributed by atoms with van der Waals surface area (Å²) in [6.45, 7) is 11.6. The average molecular weight is 328 g/mol. The molecule has 1 amide bonds. The average Bonchev–Trinajstić information content (AvgIpc) is 2.42. The van der Waals surface area contributed by atoms with E-state index in [1.807, 2.05) is 13.8 Å². The lowest BCUT2D eigenvalue weighted by atomic mass is 10.1. The van der Waals surface area contributed by atoms with Gasteiger partial charge in [0.2, 0.25) is 0 Å². The molecule has 2 rings (SSSR count). The largest absolute Gasteiger partial charge is 0.444 e. The number of carbonyl (C=O) groups is 1. The molecule has 0 aliphatic carbocycles. The van der Waals surface area contributed by atoms with Crippen LogP contribution in [-0.4, -0.2) is 21.9 Å². The molecule has 0 unspecified atom stereocenters. The summed E-state index contributed by atoms with van der Waals surface area (Å²) >= 11 is 0. The molecule has 0 saturated heterocycles. The number of nitrogens with zero attached hydrogens (tertiary/aromatic N) is 2. The summed E-state index contributed by atoms with van der Waals surface area (Å²) in [6.07, 6.45) is -0.553. The van der Waals surface area contributed by atoms with E-state index in [-0.39, 0.29) is 0 Å². The Morgan fingerprint density at radius 1 is 1.00 bits per heavy atom. The summed E-state index contributed by atoms with van der Waals surface area (Å²) in [5, 5.41) is 13.9. The Labute approximate surface area is 142 Å². The number of aromatic nitrogens is 2. The Balaban J connectivity index is 2.06. The zero-order valence-corrected chi connectivity index (χ0v) is 15.0. The summed E-state index contributed by atoms with van der Waals surface area (Å²) in [5.41, 5.74) is 3.97. The fourth-order valence-electron chi connectivity index (χ4n) is 2.38. The predicted octanol–water partition coefficient (Wildman–Crippen LogP) is 4.49. The number of ether oxygens (including phenoxy) is 1. The highest BCUT2D eigenvalue weighted by Gasteiger charge is 2.16. The van der Waals surface area contributed by atoms with Gasteiger partial charge in [-0.3, -0.25) is 5.32 Å². The van der Waals surface area contributed by atoms with E-state index in [2.05, 4.69) is 39.9 Å². The molecular weight excluding hydrogens is 304 g/mol. The molecule has 1 aromatic carbocycles. The summed E-state index contributed by atoms with van der Waals surface area (Å²) in [7, 11) is 0. The van der Waals surface area contributed by atoms with E-state index in [1.54, 1.807) is 32.9 Å². The van der Waals surface area contributed by atoms with Crippen molar-refractivity contribution >= 4 is 23.4 Å². The van der Waals surface area contributed by atoms with E-state index in [0.717, 1.165) is 16.8 Å². The number of aryl methyl sites for hydroxylation is 3. The van der Waals surface area contributed by atoms with Crippen molar-refractivity contribution in [3.05, 3.63) is 41.0 Å². The summed E-state index contributed by atoms with van der Waals surface area (Å²) in [4.78, 5) is 11.7. The zero-order chi connectivity index (χ0) is 17.9. The van der Waals surface area contributed by atoms with Crippen molar-refractivity contribution in [3.63, 3.8) is 0 Å².